The second kappa shape index (κ2) is 17.3. The van der Waals surface area contributed by atoms with Gasteiger partial charge in [-0.25, -0.2) is 0 Å². The maximum atomic E-state index is 13.0. The first kappa shape index (κ1) is 35.5. The number of nitrogens with two attached hydrogens (primary N) is 1. The number of carbonyl (C=O) groups excluding carboxylic acids is 1. The van der Waals surface area contributed by atoms with Gasteiger partial charge in [0.15, 0.2) is 11.5 Å². The van der Waals surface area contributed by atoms with Crippen LogP contribution in [0.3, 0.4) is 0 Å². The lowest BCUT2D eigenvalue weighted by molar-refractivity contribution is -0.126. The molecule has 2 aromatic carbocycles. The van der Waals surface area contributed by atoms with E-state index in [9.17, 15) is 9.90 Å². The lowest BCUT2D eigenvalue weighted by Crippen LogP contribution is -2.48. The highest BCUT2D eigenvalue weighted by Crippen LogP contribution is 2.31. The molecular weight excluding hydrogens is 532 g/mol. The monoisotopic (exact) mass is 580 g/mol. The normalized spacial score (nSPS) is 13.7. The third-order valence-electron chi connectivity index (χ3n) is 7.32. The summed E-state index contributed by atoms with van der Waals surface area (Å²) in [6, 6.07) is 12.9. The van der Waals surface area contributed by atoms with Crippen molar-refractivity contribution in [3.05, 3.63) is 53.6 Å². The van der Waals surface area contributed by atoms with Crippen LogP contribution in [0.1, 0.15) is 51.7 Å². The molecule has 0 bridgehead atoms. The van der Waals surface area contributed by atoms with Crippen molar-refractivity contribution in [3.63, 3.8) is 0 Å². The van der Waals surface area contributed by atoms with E-state index in [0.717, 1.165) is 24.0 Å². The second-order valence-corrected chi connectivity index (χ2v) is 10.9. The van der Waals surface area contributed by atoms with E-state index in [1.807, 2.05) is 56.3 Å². The summed E-state index contributed by atoms with van der Waals surface area (Å²) < 4.78 is 21.8. The van der Waals surface area contributed by atoms with E-state index in [1.165, 1.54) is 0 Å². The molecule has 0 aliphatic heterocycles. The number of benzene rings is 2. The summed E-state index contributed by atoms with van der Waals surface area (Å²) in [5, 5.41) is 13.7. The Morgan fingerprint density at radius 1 is 1.02 bits per heavy atom. The molecule has 0 aromatic heterocycles. The van der Waals surface area contributed by atoms with E-state index in [4.69, 9.17) is 24.7 Å². The van der Waals surface area contributed by atoms with E-state index >= 15 is 0 Å². The van der Waals surface area contributed by atoms with Crippen LogP contribution >= 0.6 is 12.4 Å². The molecule has 0 heterocycles. The van der Waals surface area contributed by atoms with Gasteiger partial charge in [-0.3, -0.25) is 4.79 Å². The Bertz CT molecular complexity index is 1030. The molecule has 9 heteroatoms. The van der Waals surface area contributed by atoms with Crippen LogP contribution in [0.15, 0.2) is 42.5 Å². The van der Waals surface area contributed by atoms with E-state index in [2.05, 4.69) is 19.2 Å². The van der Waals surface area contributed by atoms with Crippen molar-refractivity contribution in [2.45, 2.75) is 64.5 Å². The van der Waals surface area contributed by atoms with Crippen LogP contribution in [0, 0.1) is 11.8 Å². The third kappa shape index (κ3) is 10.5. The molecule has 40 heavy (non-hydrogen) atoms. The first-order valence-corrected chi connectivity index (χ1v) is 13.7. The molecule has 0 saturated heterocycles. The third-order valence-corrected chi connectivity index (χ3v) is 7.32. The lowest BCUT2D eigenvalue weighted by atomic mass is 9.82. The molecule has 3 unspecified atom stereocenters. The van der Waals surface area contributed by atoms with E-state index < -0.39 is 17.6 Å². The van der Waals surface area contributed by atoms with Crippen molar-refractivity contribution in [3.8, 4) is 17.2 Å². The van der Waals surface area contributed by atoms with Gasteiger partial charge in [0.05, 0.1) is 32.3 Å². The molecule has 0 radical (unpaired) electrons. The number of aliphatic hydroxyl groups is 1. The Labute approximate surface area is 246 Å². The minimum absolute atomic E-state index is 0. The fourth-order valence-corrected chi connectivity index (χ4v) is 4.46. The van der Waals surface area contributed by atoms with Crippen LogP contribution in [0.4, 0.5) is 0 Å². The molecular formula is C31H49ClN2O6. The van der Waals surface area contributed by atoms with Crippen molar-refractivity contribution in [1.29, 1.82) is 0 Å². The summed E-state index contributed by atoms with van der Waals surface area (Å²) in [5.41, 5.74) is 7.60. The van der Waals surface area contributed by atoms with Gasteiger partial charge < -0.3 is 35.1 Å². The number of aliphatic hydroxyl groups excluding tert-OH is 1. The molecule has 2 rings (SSSR count). The van der Waals surface area contributed by atoms with Gasteiger partial charge in [-0.2, -0.15) is 0 Å². The van der Waals surface area contributed by atoms with Gasteiger partial charge in [0.2, 0.25) is 5.91 Å². The van der Waals surface area contributed by atoms with Gasteiger partial charge in [0.1, 0.15) is 5.75 Å². The Morgan fingerprint density at radius 2 is 1.75 bits per heavy atom. The highest BCUT2D eigenvalue weighted by Gasteiger charge is 2.31. The van der Waals surface area contributed by atoms with Crippen molar-refractivity contribution < 1.29 is 28.8 Å². The quantitative estimate of drug-likeness (QED) is 0.236. The van der Waals surface area contributed by atoms with Crippen LogP contribution in [0.2, 0.25) is 0 Å². The second-order valence-electron chi connectivity index (χ2n) is 10.9. The predicted octanol–water partition coefficient (Wildman–Crippen LogP) is 4.53. The summed E-state index contributed by atoms with van der Waals surface area (Å²) in [7, 11) is 4.90. The van der Waals surface area contributed by atoms with Gasteiger partial charge in [-0.15, -0.1) is 12.4 Å². The van der Waals surface area contributed by atoms with Gasteiger partial charge in [0.25, 0.3) is 0 Å². The number of hydrogen-bond acceptors (Lipinski definition) is 7. The molecule has 226 valence electrons. The summed E-state index contributed by atoms with van der Waals surface area (Å²) in [6.45, 7) is 9.28. The number of nitrogens with one attached hydrogen (secondary N) is 1. The first-order chi connectivity index (χ1) is 18.5. The number of hydrogen-bond donors (Lipinski definition) is 3. The number of rotatable bonds is 17. The molecule has 1 amide bonds. The topological polar surface area (TPSA) is 112 Å². The number of carbonyl (C=O) groups is 1. The zero-order chi connectivity index (χ0) is 29.0. The van der Waals surface area contributed by atoms with Crippen molar-refractivity contribution in [2.75, 3.05) is 41.1 Å². The van der Waals surface area contributed by atoms with E-state index in [1.54, 1.807) is 21.3 Å². The van der Waals surface area contributed by atoms with Gasteiger partial charge >= 0.3 is 0 Å². The molecule has 0 saturated carbocycles. The summed E-state index contributed by atoms with van der Waals surface area (Å²) in [4.78, 5) is 13.0. The van der Waals surface area contributed by atoms with Crippen LogP contribution in [-0.4, -0.2) is 64.2 Å². The molecule has 0 spiro atoms. The first-order valence-electron chi connectivity index (χ1n) is 13.7. The molecule has 8 nitrogen and oxygen atoms in total. The number of amides is 1. The molecule has 0 fully saturated rings. The Kier molecular flexibility index (Phi) is 15.4. The molecule has 0 aliphatic rings. The number of methoxy groups -OCH3 is 3. The van der Waals surface area contributed by atoms with Crippen molar-refractivity contribution in [1.82, 2.24) is 5.32 Å². The average molecular weight is 581 g/mol. The van der Waals surface area contributed by atoms with Gasteiger partial charge in [0, 0.05) is 32.7 Å². The highest BCUT2D eigenvalue weighted by molar-refractivity contribution is 5.87. The number of halogens is 1. The van der Waals surface area contributed by atoms with Crippen molar-refractivity contribution >= 4 is 18.3 Å². The summed E-state index contributed by atoms with van der Waals surface area (Å²) >= 11 is 0. The zero-order valence-electron chi connectivity index (χ0n) is 25.1. The number of ether oxygens (including phenoxy) is 4. The minimum Gasteiger partial charge on any atom is -0.497 e. The fraction of sp³-hybridized carbons (Fsp3) is 0.581. The SMILES string of the molecule is COCCCOc1cc(CC(CC(N)C(O)CNC(=O)C(C)(C)c2cccc(OC)c2)C(C)C)ccc1OC.Cl. The zero-order valence-corrected chi connectivity index (χ0v) is 25.9. The fourth-order valence-electron chi connectivity index (χ4n) is 4.46. The maximum absolute atomic E-state index is 13.0. The average Bonchev–Trinajstić information content (AvgIpc) is 2.93. The summed E-state index contributed by atoms with van der Waals surface area (Å²) in [6.07, 6.45) is 1.32. The Balaban J connectivity index is 0.00000800. The maximum Gasteiger partial charge on any atom is 0.230 e. The van der Waals surface area contributed by atoms with Gasteiger partial charge in [-0.05, 0) is 73.9 Å². The van der Waals surface area contributed by atoms with E-state index in [-0.39, 0.29) is 30.8 Å². The minimum atomic E-state index is -0.869. The van der Waals surface area contributed by atoms with E-state index in [0.29, 0.717) is 42.8 Å². The largest absolute Gasteiger partial charge is 0.497 e. The Morgan fingerprint density at radius 3 is 2.38 bits per heavy atom. The van der Waals surface area contributed by atoms with Crippen LogP contribution in [0.25, 0.3) is 0 Å². The highest BCUT2D eigenvalue weighted by atomic mass is 35.5. The smallest absolute Gasteiger partial charge is 0.230 e. The molecule has 2 aromatic rings. The lowest BCUT2D eigenvalue weighted by Gasteiger charge is -2.29. The van der Waals surface area contributed by atoms with Gasteiger partial charge in [-0.1, -0.05) is 32.0 Å². The predicted molar refractivity (Wildman–Crippen MR) is 162 cm³/mol. The summed E-state index contributed by atoms with van der Waals surface area (Å²) in [5.74, 6) is 2.48. The van der Waals surface area contributed by atoms with Crippen LogP contribution in [0.5, 0.6) is 17.2 Å². The molecule has 3 atom stereocenters. The van der Waals surface area contributed by atoms with Crippen LogP contribution < -0.4 is 25.3 Å². The standard InChI is InChI=1S/C31H48N2O6.ClH/c1-21(2)23(16-22-12-13-28(38-7)29(17-22)39-15-9-14-36-5)18-26(32)27(34)20-33-30(35)31(3,4)24-10-8-11-25(19-24)37-6;/h8,10-13,17,19,21,23,26-27,34H,9,14-16,18,20,32H2,1-7H3,(H,33,35);1H. The molecule has 0 aliphatic carbocycles. The Hall–Kier alpha value is -2.52. The molecule has 4 N–H and O–H groups in total. The van der Waals surface area contributed by atoms with Crippen molar-refractivity contribution in [2.24, 2.45) is 17.6 Å². The van der Waals surface area contributed by atoms with Crippen LogP contribution in [-0.2, 0) is 21.4 Å².